The molecule has 132 valence electrons. The molecule has 6 heteroatoms. The van der Waals surface area contributed by atoms with Crippen LogP contribution in [-0.4, -0.2) is 17.1 Å². The molecule has 0 saturated carbocycles. The molecule has 4 N–H and O–H groups in total. The maximum atomic E-state index is 12.5. The van der Waals surface area contributed by atoms with Crippen molar-refractivity contribution < 1.29 is 9.90 Å². The van der Waals surface area contributed by atoms with E-state index in [1.165, 1.54) is 0 Å². The van der Waals surface area contributed by atoms with Gasteiger partial charge in [-0.3, -0.25) is 4.79 Å². The van der Waals surface area contributed by atoms with Gasteiger partial charge in [-0.25, -0.2) is 10.9 Å². The van der Waals surface area contributed by atoms with E-state index in [0.29, 0.717) is 17.1 Å². The predicted molar refractivity (Wildman–Crippen MR) is 99.8 cm³/mol. The number of phenolic OH excluding ortho intramolecular Hbond substituents is 1. The number of nitrogens with one attached hydrogen (secondary N) is 3. The van der Waals surface area contributed by atoms with Crippen LogP contribution >= 0.6 is 11.6 Å². The number of halogens is 1. The standard InChI is InChI=1S/C19H22ClN3O2/c1-10-7-13(18(24)8-11(10)2)16-9-17(23-22-16)19(25)21-15-6-4-5-14(20)12(15)3/h4-8,16-17,22-24H,9H2,1-3H3,(H,21,25). The third-order valence-electron chi connectivity index (χ3n) is 4.76. The van der Waals surface area contributed by atoms with E-state index in [0.717, 1.165) is 22.3 Å². The average molecular weight is 360 g/mol. The van der Waals surface area contributed by atoms with Gasteiger partial charge in [0.15, 0.2) is 0 Å². The molecule has 2 aromatic rings. The Kier molecular flexibility index (Phi) is 4.99. The van der Waals surface area contributed by atoms with E-state index in [2.05, 4.69) is 16.2 Å². The van der Waals surface area contributed by atoms with Gasteiger partial charge in [-0.15, -0.1) is 0 Å². The summed E-state index contributed by atoms with van der Waals surface area (Å²) in [6.45, 7) is 5.84. The molecular formula is C19H22ClN3O2. The molecule has 1 heterocycles. The second kappa shape index (κ2) is 7.04. The summed E-state index contributed by atoms with van der Waals surface area (Å²) in [5.41, 5.74) is 10.6. The summed E-state index contributed by atoms with van der Waals surface area (Å²) in [5, 5.41) is 13.8. The second-order valence-corrected chi connectivity index (χ2v) is 6.93. The molecule has 3 rings (SSSR count). The Morgan fingerprint density at radius 1 is 1.20 bits per heavy atom. The van der Waals surface area contributed by atoms with Gasteiger partial charge in [0.05, 0.1) is 6.04 Å². The quantitative estimate of drug-likeness (QED) is 0.676. The topological polar surface area (TPSA) is 73.4 Å². The number of phenols is 1. The van der Waals surface area contributed by atoms with Gasteiger partial charge in [-0.05, 0) is 62.1 Å². The molecule has 5 nitrogen and oxygen atoms in total. The van der Waals surface area contributed by atoms with Crippen molar-refractivity contribution in [3.63, 3.8) is 0 Å². The SMILES string of the molecule is Cc1cc(O)c(C2CC(C(=O)Nc3cccc(Cl)c3C)NN2)cc1C. The number of carbonyl (C=O) groups excluding carboxylic acids is 1. The molecule has 0 aromatic heterocycles. The molecule has 25 heavy (non-hydrogen) atoms. The number of aromatic hydroxyl groups is 1. The van der Waals surface area contributed by atoms with Crippen LogP contribution in [0.5, 0.6) is 5.75 Å². The van der Waals surface area contributed by atoms with Crippen LogP contribution in [0.1, 0.15) is 34.7 Å². The highest BCUT2D eigenvalue weighted by Crippen LogP contribution is 2.32. The van der Waals surface area contributed by atoms with Crippen LogP contribution in [0.3, 0.4) is 0 Å². The first-order chi connectivity index (χ1) is 11.9. The highest BCUT2D eigenvalue weighted by Gasteiger charge is 2.31. The maximum Gasteiger partial charge on any atom is 0.242 e. The molecule has 1 saturated heterocycles. The van der Waals surface area contributed by atoms with Gasteiger partial charge in [-0.1, -0.05) is 23.7 Å². The van der Waals surface area contributed by atoms with Crippen molar-refractivity contribution in [1.82, 2.24) is 10.9 Å². The van der Waals surface area contributed by atoms with Crippen molar-refractivity contribution in [3.8, 4) is 5.75 Å². The molecule has 0 radical (unpaired) electrons. The van der Waals surface area contributed by atoms with Gasteiger partial charge in [0.1, 0.15) is 11.8 Å². The van der Waals surface area contributed by atoms with E-state index < -0.39 is 6.04 Å². The summed E-state index contributed by atoms with van der Waals surface area (Å²) < 4.78 is 0. The first-order valence-electron chi connectivity index (χ1n) is 8.24. The van der Waals surface area contributed by atoms with Crippen molar-refractivity contribution in [2.24, 2.45) is 0 Å². The van der Waals surface area contributed by atoms with Crippen molar-refractivity contribution in [2.45, 2.75) is 39.3 Å². The van der Waals surface area contributed by atoms with E-state index in [1.807, 2.05) is 32.9 Å². The average Bonchev–Trinajstić information content (AvgIpc) is 3.05. The summed E-state index contributed by atoms with van der Waals surface area (Å²) in [4.78, 5) is 12.5. The van der Waals surface area contributed by atoms with Gasteiger partial charge in [0, 0.05) is 16.3 Å². The monoisotopic (exact) mass is 359 g/mol. The third kappa shape index (κ3) is 3.63. The van der Waals surface area contributed by atoms with Gasteiger partial charge in [0.2, 0.25) is 5.91 Å². The highest BCUT2D eigenvalue weighted by molar-refractivity contribution is 6.31. The number of hydrogen-bond donors (Lipinski definition) is 4. The zero-order valence-electron chi connectivity index (χ0n) is 14.5. The zero-order valence-corrected chi connectivity index (χ0v) is 15.2. The maximum absolute atomic E-state index is 12.5. The summed E-state index contributed by atoms with van der Waals surface area (Å²) in [6, 6.07) is 8.62. The van der Waals surface area contributed by atoms with Crippen LogP contribution in [-0.2, 0) is 4.79 Å². The number of benzene rings is 2. The lowest BCUT2D eigenvalue weighted by Crippen LogP contribution is -2.39. The zero-order chi connectivity index (χ0) is 18.1. The number of rotatable bonds is 3. The van der Waals surface area contributed by atoms with Crippen molar-refractivity contribution in [3.05, 3.63) is 57.6 Å². The van der Waals surface area contributed by atoms with Crippen LogP contribution in [0.2, 0.25) is 5.02 Å². The normalized spacial score (nSPS) is 19.8. The van der Waals surface area contributed by atoms with Gasteiger partial charge in [-0.2, -0.15) is 0 Å². The van der Waals surface area contributed by atoms with Crippen LogP contribution in [0, 0.1) is 20.8 Å². The van der Waals surface area contributed by atoms with E-state index in [1.54, 1.807) is 18.2 Å². The lowest BCUT2D eigenvalue weighted by atomic mass is 9.97. The summed E-state index contributed by atoms with van der Waals surface area (Å²) >= 11 is 6.10. The van der Waals surface area contributed by atoms with Crippen LogP contribution in [0.15, 0.2) is 30.3 Å². The second-order valence-electron chi connectivity index (χ2n) is 6.53. The molecule has 2 aromatic carbocycles. The van der Waals surface area contributed by atoms with E-state index in [-0.39, 0.29) is 17.7 Å². The van der Waals surface area contributed by atoms with Crippen LogP contribution < -0.4 is 16.2 Å². The van der Waals surface area contributed by atoms with Crippen LogP contribution in [0.4, 0.5) is 5.69 Å². The molecule has 1 amide bonds. The van der Waals surface area contributed by atoms with Crippen molar-refractivity contribution in [2.75, 3.05) is 5.32 Å². The minimum atomic E-state index is -0.399. The Labute approximate surface area is 152 Å². The Bertz CT molecular complexity index is 823. The summed E-state index contributed by atoms with van der Waals surface area (Å²) in [5.74, 6) is 0.109. The van der Waals surface area contributed by atoms with Crippen molar-refractivity contribution in [1.29, 1.82) is 0 Å². The number of hydrazine groups is 1. The summed E-state index contributed by atoms with van der Waals surface area (Å²) in [6.07, 6.45) is 0.543. The smallest absolute Gasteiger partial charge is 0.242 e. The van der Waals surface area contributed by atoms with E-state index in [4.69, 9.17) is 11.6 Å². The first-order valence-corrected chi connectivity index (χ1v) is 8.61. The molecule has 2 atom stereocenters. The minimum absolute atomic E-state index is 0.129. The Balaban J connectivity index is 1.71. The first kappa shape index (κ1) is 17.7. The van der Waals surface area contributed by atoms with E-state index in [9.17, 15) is 9.90 Å². The molecule has 0 bridgehead atoms. The number of aryl methyl sites for hydroxylation is 2. The molecule has 1 aliphatic rings. The fraction of sp³-hybridized carbons (Fsp3) is 0.316. The number of amides is 1. The molecule has 0 spiro atoms. The van der Waals surface area contributed by atoms with Crippen molar-refractivity contribution >= 4 is 23.2 Å². The summed E-state index contributed by atoms with van der Waals surface area (Å²) in [7, 11) is 0. The number of hydrogen-bond acceptors (Lipinski definition) is 4. The Morgan fingerprint density at radius 2 is 1.92 bits per heavy atom. The molecule has 0 aliphatic carbocycles. The van der Waals surface area contributed by atoms with Gasteiger partial charge in [0.25, 0.3) is 0 Å². The largest absolute Gasteiger partial charge is 0.508 e. The Hall–Kier alpha value is -2.08. The third-order valence-corrected chi connectivity index (χ3v) is 5.17. The van der Waals surface area contributed by atoms with Gasteiger partial charge < -0.3 is 10.4 Å². The fourth-order valence-corrected chi connectivity index (χ4v) is 3.17. The predicted octanol–water partition coefficient (Wildman–Crippen LogP) is 3.52. The highest BCUT2D eigenvalue weighted by atomic mass is 35.5. The van der Waals surface area contributed by atoms with Crippen LogP contribution in [0.25, 0.3) is 0 Å². The van der Waals surface area contributed by atoms with E-state index >= 15 is 0 Å². The van der Waals surface area contributed by atoms with Gasteiger partial charge >= 0.3 is 0 Å². The molecular weight excluding hydrogens is 338 g/mol. The molecule has 1 aliphatic heterocycles. The Morgan fingerprint density at radius 3 is 2.68 bits per heavy atom. The lowest BCUT2D eigenvalue weighted by Gasteiger charge is -2.14. The molecule has 2 unspecified atom stereocenters. The fourth-order valence-electron chi connectivity index (χ4n) is 3.00. The minimum Gasteiger partial charge on any atom is -0.508 e. The molecule has 1 fully saturated rings. The number of anilines is 1. The lowest BCUT2D eigenvalue weighted by molar-refractivity contribution is -0.117. The number of carbonyl (C=O) groups is 1.